The molecule has 2 aliphatic heterocycles. The van der Waals surface area contributed by atoms with E-state index < -0.39 is 0 Å². The Bertz CT molecular complexity index is 546. The lowest BCUT2D eigenvalue weighted by atomic mass is 10.1. The molecule has 2 saturated heterocycles. The molecule has 7 nitrogen and oxygen atoms in total. The second-order valence-electron chi connectivity index (χ2n) is 5.72. The summed E-state index contributed by atoms with van der Waals surface area (Å²) in [6.45, 7) is 3.99. The second-order valence-corrected chi connectivity index (χ2v) is 6.10. The Morgan fingerprint density at radius 3 is 2.77 bits per heavy atom. The summed E-state index contributed by atoms with van der Waals surface area (Å²) in [4.78, 5) is 24.6. The van der Waals surface area contributed by atoms with Crippen LogP contribution in [0.15, 0.2) is 6.33 Å². The highest BCUT2D eigenvalue weighted by Gasteiger charge is 2.30. The fourth-order valence-corrected chi connectivity index (χ4v) is 3.33. The van der Waals surface area contributed by atoms with Crippen molar-refractivity contribution in [3.63, 3.8) is 0 Å². The number of nitrogen functional groups attached to an aromatic ring is 1. The van der Waals surface area contributed by atoms with E-state index in [0.717, 1.165) is 52.0 Å². The molecule has 1 atom stereocenters. The van der Waals surface area contributed by atoms with Crippen molar-refractivity contribution in [3.8, 4) is 0 Å². The molecule has 0 bridgehead atoms. The third kappa shape index (κ3) is 3.10. The molecule has 3 N–H and O–H groups in total. The summed E-state index contributed by atoms with van der Waals surface area (Å²) in [6.07, 6.45) is 4.53. The van der Waals surface area contributed by atoms with Crippen LogP contribution in [0.25, 0.3) is 0 Å². The fraction of sp³-hybridized carbons (Fsp3) is 0.643. The number of carbonyl (C=O) groups is 1. The second kappa shape index (κ2) is 6.66. The Kier molecular flexibility index (Phi) is 4.63. The van der Waals surface area contributed by atoms with Gasteiger partial charge in [-0.1, -0.05) is 11.6 Å². The molecule has 1 aromatic heterocycles. The molecule has 0 radical (unpaired) electrons. The van der Waals surface area contributed by atoms with Crippen molar-refractivity contribution in [2.75, 3.05) is 43.4 Å². The topological polar surface area (TPSA) is 87.4 Å². The van der Waals surface area contributed by atoms with Crippen LogP contribution >= 0.6 is 11.6 Å². The largest absolute Gasteiger partial charge is 0.382 e. The third-order valence-electron chi connectivity index (χ3n) is 4.36. The van der Waals surface area contributed by atoms with E-state index in [-0.39, 0.29) is 11.9 Å². The molecule has 2 aliphatic rings. The average Bonchev–Trinajstić information content (AvgIpc) is 2.75. The summed E-state index contributed by atoms with van der Waals surface area (Å²) in [7, 11) is 0. The van der Waals surface area contributed by atoms with Gasteiger partial charge >= 0.3 is 0 Å². The average molecular weight is 325 g/mol. The minimum absolute atomic E-state index is 0.00408. The maximum Gasteiger partial charge on any atom is 0.237 e. The van der Waals surface area contributed by atoms with Gasteiger partial charge in [0.2, 0.25) is 5.91 Å². The van der Waals surface area contributed by atoms with Crippen LogP contribution in [-0.2, 0) is 4.79 Å². The SMILES string of the molecule is Nc1ncnc(N2CCN(C3CCCCNC3=O)CC2)c1Cl. The Balaban J connectivity index is 1.64. The molecule has 0 aliphatic carbocycles. The molecule has 120 valence electrons. The lowest BCUT2D eigenvalue weighted by Gasteiger charge is -2.38. The lowest BCUT2D eigenvalue weighted by molar-refractivity contribution is -0.126. The van der Waals surface area contributed by atoms with Crippen LogP contribution in [0.4, 0.5) is 11.6 Å². The molecule has 3 heterocycles. The minimum Gasteiger partial charge on any atom is -0.382 e. The van der Waals surface area contributed by atoms with E-state index in [1.54, 1.807) is 0 Å². The van der Waals surface area contributed by atoms with Gasteiger partial charge in [-0.3, -0.25) is 9.69 Å². The molecule has 3 rings (SSSR count). The molecule has 8 heteroatoms. The van der Waals surface area contributed by atoms with Crippen LogP contribution in [0, 0.1) is 0 Å². The number of aromatic nitrogens is 2. The summed E-state index contributed by atoms with van der Waals surface area (Å²) in [5.41, 5.74) is 5.73. The molecule has 1 amide bonds. The molecule has 1 unspecified atom stereocenters. The minimum atomic E-state index is -0.00408. The van der Waals surface area contributed by atoms with Gasteiger partial charge in [0.1, 0.15) is 17.2 Å². The number of amides is 1. The van der Waals surface area contributed by atoms with Crippen LogP contribution in [-0.4, -0.2) is 59.5 Å². The van der Waals surface area contributed by atoms with Crippen LogP contribution in [0.1, 0.15) is 19.3 Å². The van der Waals surface area contributed by atoms with Gasteiger partial charge in [0, 0.05) is 32.7 Å². The van der Waals surface area contributed by atoms with E-state index in [9.17, 15) is 4.79 Å². The number of nitrogens with zero attached hydrogens (tertiary/aromatic N) is 4. The van der Waals surface area contributed by atoms with Gasteiger partial charge in [-0.25, -0.2) is 9.97 Å². The molecular formula is C14H21ClN6O. The van der Waals surface area contributed by atoms with Crippen LogP contribution < -0.4 is 16.0 Å². The number of halogens is 1. The predicted molar refractivity (Wildman–Crippen MR) is 85.9 cm³/mol. The maximum absolute atomic E-state index is 12.1. The summed E-state index contributed by atoms with van der Waals surface area (Å²) in [5.74, 6) is 1.15. The lowest BCUT2D eigenvalue weighted by Crippen LogP contribution is -2.54. The third-order valence-corrected chi connectivity index (χ3v) is 4.72. The van der Waals surface area contributed by atoms with E-state index in [1.807, 2.05) is 0 Å². The van der Waals surface area contributed by atoms with E-state index in [2.05, 4.69) is 25.1 Å². The molecule has 0 saturated carbocycles. The molecule has 2 fully saturated rings. The Morgan fingerprint density at radius 2 is 2.00 bits per heavy atom. The van der Waals surface area contributed by atoms with Gasteiger partial charge in [0.05, 0.1) is 6.04 Å². The van der Waals surface area contributed by atoms with Gasteiger partial charge in [0.15, 0.2) is 5.82 Å². The van der Waals surface area contributed by atoms with Crippen molar-refractivity contribution < 1.29 is 4.79 Å². The fourth-order valence-electron chi connectivity index (χ4n) is 3.11. The number of anilines is 2. The van der Waals surface area contributed by atoms with Crippen molar-refractivity contribution in [1.82, 2.24) is 20.2 Å². The van der Waals surface area contributed by atoms with Gasteiger partial charge in [-0.2, -0.15) is 0 Å². The molecule has 22 heavy (non-hydrogen) atoms. The van der Waals surface area contributed by atoms with Crippen LogP contribution in [0.5, 0.6) is 0 Å². The van der Waals surface area contributed by atoms with Crippen molar-refractivity contribution in [2.24, 2.45) is 0 Å². The van der Waals surface area contributed by atoms with Crippen molar-refractivity contribution >= 4 is 29.1 Å². The number of piperazine rings is 1. The number of nitrogens with two attached hydrogens (primary N) is 1. The zero-order chi connectivity index (χ0) is 15.5. The van der Waals surface area contributed by atoms with Crippen LogP contribution in [0.2, 0.25) is 5.02 Å². The number of nitrogens with one attached hydrogen (secondary N) is 1. The van der Waals surface area contributed by atoms with Crippen molar-refractivity contribution in [3.05, 3.63) is 11.3 Å². The Morgan fingerprint density at radius 1 is 1.23 bits per heavy atom. The highest BCUT2D eigenvalue weighted by atomic mass is 35.5. The van der Waals surface area contributed by atoms with E-state index in [0.29, 0.717) is 16.7 Å². The van der Waals surface area contributed by atoms with Gasteiger partial charge in [-0.05, 0) is 19.3 Å². The Hall–Kier alpha value is -1.60. The summed E-state index contributed by atoms with van der Waals surface area (Å²) in [6, 6.07) is -0.00408. The first-order valence-corrected chi connectivity index (χ1v) is 8.07. The zero-order valence-corrected chi connectivity index (χ0v) is 13.2. The van der Waals surface area contributed by atoms with Crippen LogP contribution in [0.3, 0.4) is 0 Å². The first-order chi connectivity index (χ1) is 10.7. The van der Waals surface area contributed by atoms with Gasteiger partial charge in [0.25, 0.3) is 0 Å². The normalized spacial score (nSPS) is 24.0. The molecule has 0 spiro atoms. The van der Waals surface area contributed by atoms with Gasteiger partial charge < -0.3 is 16.0 Å². The zero-order valence-electron chi connectivity index (χ0n) is 12.5. The number of hydrogen-bond acceptors (Lipinski definition) is 6. The summed E-state index contributed by atoms with van der Waals surface area (Å²) >= 11 is 6.19. The number of rotatable bonds is 2. The van der Waals surface area contributed by atoms with Crippen molar-refractivity contribution in [2.45, 2.75) is 25.3 Å². The summed E-state index contributed by atoms with van der Waals surface area (Å²) in [5, 5.41) is 3.40. The number of carbonyl (C=O) groups excluding carboxylic acids is 1. The summed E-state index contributed by atoms with van der Waals surface area (Å²) < 4.78 is 0. The highest BCUT2D eigenvalue weighted by Crippen LogP contribution is 2.28. The molecular weight excluding hydrogens is 304 g/mol. The molecule has 1 aromatic rings. The van der Waals surface area contributed by atoms with Crippen molar-refractivity contribution in [1.29, 1.82) is 0 Å². The molecule has 0 aromatic carbocycles. The van der Waals surface area contributed by atoms with E-state index in [1.165, 1.54) is 6.33 Å². The standard InChI is InChI=1S/C14H21ClN6O/c15-11-12(16)18-9-19-13(11)21-7-5-20(6-8-21)10-3-1-2-4-17-14(10)22/h9-10H,1-8H2,(H,17,22)(H2,16,18,19). The predicted octanol–water partition coefficient (Wildman–Crippen LogP) is 0.503. The van der Waals surface area contributed by atoms with E-state index in [4.69, 9.17) is 17.3 Å². The van der Waals surface area contributed by atoms with Gasteiger partial charge in [-0.15, -0.1) is 0 Å². The van der Waals surface area contributed by atoms with E-state index >= 15 is 0 Å². The first kappa shape index (κ1) is 15.3. The Labute approximate surface area is 134 Å². The smallest absolute Gasteiger partial charge is 0.237 e. The first-order valence-electron chi connectivity index (χ1n) is 7.69. The monoisotopic (exact) mass is 324 g/mol. The quantitative estimate of drug-likeness (QED) is 0.824. The number of hydrogen-bond donors (Lipinski definition) is 2. The maximum atomic E-state index is 12.1. The highest BCUT2D eigenvalue weighted by molar-refractivity contribution is 6.35.